The van der Waals surface area contributed by atoms with Gasteiger partial charge in [0.2, 0.25) is 0 Å². The van der Waals surface area contributed by atoms with Gasteiger partial charge in [0, 0.05) is 19.3 Å². The summed E-state index contributed by atoms with van der Waals surface area (Å²) in [5.74, 6) is -3.12. The molecule has 0 radical (unpaired) electrons. The Morgan fingerprint density at radius 1 is 0.418 bits per heavy atom. The summed E-state index contributed by atoms with van der Waals surface area (Å²) in [5.41, 5.74) is 0. The average Bonchev–Trinajstić information content (AvgIpc) is 3.47. The number of esters is 3. The highest BCUT2D eigenvalue weighted by Crippen LogP contribution is 2.27. The lowest BCUT2D eigenvalue weighted by molar-refractivity contribution is -0.301. The molecule has 0 aromatic carbocycles. The maximum absolute atomic E-state index is 13.2. The predicted octanol–water partition coefficient (Wildman–Crippen LogP) is 17.3. The molecule has 6 atom stereocenters. The second-order valence-corrected chi connectivity index (χ2v) is 22.4. The van der Waals surface area contributed by atoms with E-state index in [1.165, 1.54) is 135 Å². The molecule has 0 bridgehead atoms. The van der Waals surface area contributed by atoms with Crippen LogP contribution in [-0.4, -0.2) is 89.2 Å². The van der Waals surface area contributed by atoms with Crippen molar-refractivity contribution in [2.75, 3.05) is 13.2 Å². The molecule has 0 aliphatic carbocycles. The van der Waals surface area contributed by atoms with Crippen molar-refractivity contribution in [1.82, 2.24) is 0 Å². The number of carboxylic acids is 1. The van der Waals surface area contributed by atoms with Gasteiger partial charge in [-0.1, -0.05) is 230 Å². The SMILES string of the molecule is CCCCC/C=C\C/C=C\CCCCCCCCCC(=O)OCC(COC1OC(C(=O)O)C(O)C(O)C1OC(=O)CCCCCCCCC/C=C\CCCCCCCC)OC(=O)CCCCCCC/C=C\CCCCCCCC. The van der Waals surface area contributed by atoms with Gasteiger partial charge in [0.05, 0.1) is 6.61 Å². The number of aliphatic hydroxyl groups is 2. The number of unbranched alkanes of at least 4 members (excludes halogenated alkanes) is 34. The van der Waals surface area contributed by atoms with Gasteiger partial charge in [0.25, 0.3) is 0 Å². The summed E-state index contributed by atoms with van der Waals surface area (Å²) < 4.78 is 28.5. The molecule has 0 aromatic heterocycles. The summed E-state index contributed by atoms with van der Waals surface area (Å²) in [5, 5.41) is 31.6. The Kier molecular flexibility index (Phi) is 51.5. The molecule has 12 heteroatoms. The lowest BCUT2D eigenvalue weighted by Gasteiger charge is -2.40. The van der Waals surface area contributed by atoms with Crippen LogP contribution in [0.3, 0.4) is 0 Å². The minimum Gasteiger partial charge on any atom is -0.479 e. The molecule has 0 aromatic rings. The molecular formula is C67H118O12. The Hall–Kier alpha value is -3.32. The number of allylic oxidation sites excluding steroid dienone is 8. The number of carbonyl (C=O) groups is 4. The van der Waals surface area contributed by atoms with Gasteiger partial charge < -0.3 is 39.0 Å². The highest BCUT2D eigenvalue weighted by molar-refractivity contribution is 5.74. The molecule has 79 heavy (non-hydrogen) atoms. The first-order valence-corrected chi connectivity index (χ1v) is 32.6. The minimum absolute atomic E-state index is 0.0555. The molecule has 0 saturated carbocycles. The number of carboxylic acid groups (broad SMARTS) is 1. The van der Waals surface area contributed by atoms with E-state index >= 15 is 0 Å². The van der Waals surface area contributed by atoms with Crippen LogP contribution in [0.2, 0.25) is 0 Å². The zero-order valence-electron chi connectivity index (χ0n) is 50.6. The maximum Gasteiger partial charge on any atom is 0.335 e. The number of carbonyl (C=O) groups excluding carboxylic acids is 3. The molecular weight excluding hydrogens is 997 g/mol. The van der Waals surface area contributed by atoms with Crippen molar-refractivity contribution in [2.45, 2.75) is 340 Å². The van der Waals surface area contributed by atoms with E-state index in [1.54, 1.807) is 0 Å². The van der Waals surface area contributed by atoms with Crippen LogP contribution in [0, 0.1) is 0 Å². The maximum atomic E-state index is 13.2. The topological polar surface area (TPSA) is 175 Å². The van der Waals surface area contributed by atoms with E-state index in [0.717, 1.165) is 109 Å². The van der Waals surface area contributed by atoms with Crippen molar-refractivity contribution >= 4 is 23.9 Å². The van der Waals surface area contributed by atoms with E-state index in [2.05, 4.69) is 69.4 Å². The van der Waals surface area contributed by atoms with E-state index in [9.17, 15) is 34.5 Å². The summed E-state index contributed by atoms with van der Waals surface area (Å²) >= 11 is 0. The normalized spacial score (nSPS) is 18.1. The van der Waals surface area contributed by atoms with Crippen molar-refractivity contribution < 1.29 is 58.2 Å². The van der Waals surface area contributed by atoms with Crippen LogP contribution in [0.4, 0.5) is 0 Å². The Morgan fingerprint density at radius 2 is 0.759 bits per heavy atom. The number of hydrogen-bond acceptors (Lipinski definition) is 11. The third-order valence-corrected chi connectivity index (χ3v) is 14.8. The largest absolute Gasteiger partial charge is 0.479 e. The molecule has 6 unspecified atom stereocenters. The average molecular weight is 1120 g/mol. The van der Waals surface area contributed by atoms with Crippen LogP contribution in [0.5, 0.6) is 0 Å². The Labute approximate surface area is 482 Å². The fourth-order valence-corrected chi connectivity index (χ4v) is 9.80. The van der Waals surface area contributed by atoms with Gasteiger partial charge in [-0.2, -0.15) is 0 Å². The van der Waals surface area contributed by atoms with Gasteiger partial charge in [-0.25, -0.2) is 4.79 Å². The predicted molar refractivity (Wildman–Crippen MR) is 322 cm³/mol. The summed E-state index contributed by atoms with van der Waals surface area (Å²) in [6, 6.07) is 0. The first-order valence-electron chi connectivity index (χ1n) is 32.6. The zero-order chi connectivity index (χ0) is 57.5. The van der Waals surface area contributed by atoms with Crippen LogP contribution in [-0.2, 0) is 42.9 Å². The van der Waals surface area contributed by atoms with E-state index in [-0.39, 0.29) is 25.9 Å². The van der Waals surface area contributed by atoms with Crippen LogP contribution in [0.15, 0.2) is 48.6 Å². The smallest absolute Gasteiger partial charge is 0.335 e. The quantitative estimate of drug-likeness (QED) is 0.0228. The lowest BCUT2D eigenvalue weighted by Crippen LogP contribution is -2.61. The first-order chi connectivity index (χ1) is 38.6. The standard InChI is InChI=1S/C67H118O12/c1-4-7-10-13-16-19-22-25-28-30-33-35-38-41-44-47-50-53-59(68)75-56-58(77-60(69)54-51-48-45-42-39-36-32-27-24-21-18-15-12-9-6-3)57-76-67-65(63(72)62(71)64(79-67)66(73)74)78-61(70)55-52-49-46-43-40-37-34-31-29-26-23-20-17-14-11-8-5-2/h16,19,25-29,32,58,62-65,67,71-72H,4-15,17-18,20-24,30-31,33-57H2,1-3H3,(H,73,74)/b19-16-,28-25-,29-26-,32-27-. The van der Waals surface area contributed by atoms with Crippen LogP contribution in [0.25, 0.3) is 0 Å². The molecule has 1 aliphatic heterocycles. The summed E-state index contributed by atoms with van der Waals surface area (Å²) in [6.45, 7) is 5.98. The minimum atomic E-state index is -1.91. The molecule has 1 aliphatic rings. The Balaban J connectivity index is 2.66. The molecule has 3 N–H and O–H groups in total. The van der Waals surface area contributed by atoms with Gasteiger partial charge in [-0.15, -0.1) is 0 Å². The van der Waals surface area contributed by atoms with Gasteiger partial charge in [-0.3, -0.25) is 14.4 Å². The van der Waals surface area contributed by atoms with E-state index in [4.69, 9.17) is 23.7 Å². The molecule has 1 heterocycles. The highest BCUT2D eigenvalue weighted by Gasteiger charge is 2.50. The summed E-state index contributed by atoms with van der Waals surface area (Å²) in [6.07, 6.45) is 54.9. The second kappa shape index (κ2) is 55.2. The van der Waals surface area contributed by atoms with E-state index < -0.39 is 67.3 Å². The monoisotopic (exact) mass is 1110 g/mol. The highest BCUT2D eigenvalue weighted by atomic mass is 16.7. The van der Waals surface area contributed by atoms with Crippen molar-refractivity contribution in [3.63, 3.8) is 0 Å². The zero-order valence-corrected chi connectivity index (χ0v) is 50.6. The third-order valence-electron chi connectivity index (χ3n) is 14.8. The van der Waals surface area contributed by atoms with E-state index in [1.807, 2.05) is 0 Å². The molecule has 0 spiro atoms. The molecule has 1 fully saturated rings. The number of aliphatic carboxylic acids is 1. The molecule has 1 rings (SSSR count). The molecule has 1 saturated heterocycles. The summed E-state index contributed by atoms with van der Waals surface area (Å²) in [4.78, 5) is 51.3. The van der Waals surface area contributed by atoms with Gasteiger partial charge in [0.15, 0.2) is 24.6 Å². The lowest BCUT2D eigenvalue weighted by atomic mass is 9.98. The van der Waals surface area contributed by atoms with Crippen molar-refractivity contribution in [3.05, 3.63) is 48.6 Å². The third kappa shape index (κ3) is 45.0. The van der Waals surface area contributed by atoms with Crippen LogP contribution >= 0.6 is 0 Å². The fraction of sp³-hybridized carbons (Fsp3) is 0.821. The number of aliphatic hydroxyl groups excluding tert-OH is 2. The molecule has 0 amide bonds. The number of hydrogen-bond donors (Lipinski definition) is 3. The number of ether oxygens (including phenoxy) is 5. The fourth-order valence-electron chi connectivity index (χ4n) is 9.80. The first kappa shape index (κ1) is 73.7. The van der Waals surface area contributed by atoms with Crippen LogP contribution in [0.1, 0.15) is 303 Å². The second-order valence-electron chi connectivity index (χ2n) is 22.4. The van der Waals surface area contributed by atoms with Crippen molar-refractivity contribution in [2.24, 2.45) is 0 Å². The van der Waals surface area contributed by atoms with Gasteiger partial charge in [-0.05, 0) is 103 Å². The summed E-state index contributed by atoms with van der Waals surface area (Å²) in [7, 11) is 0. The molecule has 458 valence electrons. The Morgan fingerprint density at radius 3 is 1.18 bits per heavy atom. The van der Waals surface area contributed by atoms with Gasteiger partial charge in [0.1, 0.15) is 18.8 Å². The molecule has 12 nitrogen and oxygen atoms in total. The van der Waals surface area contributed by atoms with Crippen LogP contribution < -0.4 is 0 Å². The van der Waals surface area contributed by atoms with Gasteiger partial charge >= 0.3 is 23.9 Å². The van der Waals surface area contributed by atoms with Crippen molar-refractivity contribution in [1.29, 1.82) is 0 Å². The van der Waals surface area contributed by atoms with E-state index in [0.29, 0.717) is 19.3 Å². The van der Waals surface area contributed by atoms with Crippen molar-refractivity contribution in [3.8, 4) is 0 Å². The Bertz CT molecular complexity index is 1560. The number of rotatable bonds is 56.